The van der Waals surface area contributed by atoms with Crippen LogP contribution in [0.4, 0.5) is 0 Å². The van der Waals surface area contributed by atoms with Crippen LogP contribution in [0.3, 0.4) is 0 Å². The summed E-state index contributed by atoms with van der Waals surface area (Å²) in [4.78, 5) is 0. The molecule has 1 nitrogen and oxygen atoms in total. The molecule has 0 aliphatic rings. The van der Waals surface area contributed by atoms with Crippen molar-refractivity contribution in [2.24, 2.45) is 17.6 Å². The van der Waals surface area contributed by atoms with Gasteiger partial charge in [-0.05, 0) is 48.9 Å². The summed E-state index contributed by atoms with van der Waals surface area (Å²) in [5, 5.41) is 0.822. The van der Waals surface area contributed by atoms with E-state index >= 15 is 0 Å². The fourth-order valence-electron chi connectivity index (χ4n) is 1.85. The Labute approximate surface area is 97.6 Å². The molecule has 0 saturated heterocycles. The molecular weight excluding hydrogens is 206 g/mol. The maximum Gasteiger partial charge on any atom is 0.0408 e. The van der Waals surface area contributed by atoms with E-state index in [0.717, 1.165) is 24.4 Å². The summed E-state index contributed by atoms with van der Waals surface area (Å²) in [5.41, 5.74) is 6.94. The lowest BCUT2D eigenvalue weighted by Crippen LogP contribution is -2.16. The van der Waals surface area contributed by atoms with Crippen LogP contribution in [0.5, 0.6) is 0 Å². The average Bonchev–Trinajstić information content (AvgIpc) is 2.17. The van der Waals surface area contributed by atoms with Gasteiger partial charge in [0.2, 0.25) is 0 Å². The quantitative estimate of drug-likeness (QED) is 0.816. The third-order valence-electron chi connectivity index (χ3n) is 2.87. The fourth-order valence-corrected chi connectivity index (χ4v) is 2.06. The standard InChI is InChI=1S/C13H20ClN/c1-10(2)12(6-7-15)8-11-4-3-5-13(14)9-11/h3-5,9-10,12H,6-8,15H2,1-2H3. The third-order valence-corrected chi connectivity index (χ3v) is 3.10. The first-order chi connectivity index (χ1) is 7.13. The summed E-state index contributed by atoms with van der Waals surface area (Å²) < 4.78 is 0. The second-order valence-electron chi connectivity index (χ2n) is 4.42. The Kier molecular flexibility index (Phi) is 5.13. The van der Waals surface area contributed by atoms with Gasteiger partial charge in [0.15, 0.2) is 0 Å². The molecule has 0 aliphatic heterocycles. The molecule has 1 rings (SSSR count). The van der Waals surface area contributed by atoms with E-state index in [9.17, 15) is 0 Å². The minimum Gasteiger partial charge on any atom is -0.330 e. The monoisotopic (exact) mass is 225 g/mol. The Hall–Kier alpha value is -0.530. The maximum atomic E-state index is 5.96. The molecule has 15 heavy (non-hydrogen) atoms. The van der Waals surface area contributed by atoms with Crippen molar-refractivity contribution in [2.45, 2.75) is 26.7 Å². The van der Waals surface area contributed by atoms with Gasteiger partial charge < -0.3 is 5.73 Å². The first-order valence-corrected chi connectivity index (χ1v) is 5.95. The highest BCUT2D eigenvalue weighted by molar-refractivity contribution is 6.30. The molecule has 0 aromatic heterocycles. The van der Waals surface area contributed by atoms with Gasteiger partial charge in [0.25, 0.3) is 0 Å². The second-order valence-corrected chi connectivity index (χ2v) is 4.85. The van der Waals surface area contributed by atoms with Crippen molar-refractivity contribution in [1.29, 1.82) is 0 Å². The molecule has 1 aromatic rings. The van der Waals surface area contributed by atoms with E-state index in [-0.39, 0.29) is 0 Å². The van der Waals surface area contributed by atoms with Crippen molar-refractivity contribution in [1.82, 2.24) is 0 Å². The highest BCUT2D eigenvalue weighted by Gasteiger charge is 2.13. The molecular formula is C13H20ClN. The van der Waals surface area contributed by atoms with Gasteiger partial charge in [0.1, 0.15) is 0 Å². The number of benzene rings is 1. The molecule has 0 bridgehead atoms. The molecule has 0 amide bonds. The van der Waals surface area contributed by atoms with Crippen LogP contribution in [0, 0.1) is 11.8 Å². The highest BCUT2D eigenvalue weighted by atomic mass is 35.5. The van der Waals surface area contributed by atoms with Gasteiger partial charge in [-0.2, -0.15) is 0 Å². The summed E-state index contributed by atoms with van der Waals surface area (Å²) >= 11 is 5.96. The molecule has 1 aromatic carbocycles. The van der Waals surface area contributed by atoms with E-state index in [2.05, 4.69) is 19.9 Å². The van der Waals surface area contributed by atoms with Crippen LogP contribution in [0.15, 0.2) is 24.3 Å². The Balaban J connectivity index is 2.65. The summed E-state index contributed by atoms with van der Waals surface area (Å²) in [6.45, 7) is 5.28. The van der Waals surface area contributed by atoms with Gasteiger partial charge in [-0.15, -0.1) is 0 Å². The van der Waals surface area contributed by atoms with E-state index in [1.165, 1.54) is 5.56 Å². The van der Waals surface area contributed by atoms with Crippen molar-refractivity contribution < 1.29 is 0 Å². The van der Waals surface area contributed by atoms with Crippen molar-refractivity contribution in [2.75, 3.05) is 6.54 Å². The first-order valence-electron chi connectivity index (χ1n) is 5.58. The molecule has 1 unspecified atom stereocenters. The van der Waals surface area contributed by atoms with Gasteiger partial charge >= 0.3 is 0 Å². The van der Waals surface area contributed by atoms with Gasteiger partial charge in [0, 0.05) is 5.02 Å². The fraction of sp³-hybridized carbons (Fsp3) is 0.538. The molecule has 84 valence electrons. The van der Waals surface area contributed by atoms with E-state index in [0.29, 0.717) is 11.8 Å². The number of hydrogen-bond donors (Lipinski definition) is 1. The summed E-state index contributed by atoms with van der Waals surface area (Å²) in [6.07, 6.45) is 2.17. The Bertz CT molecular complexity index is 296. The van der Waals surface area contributed by atoms with E-state index in [1.54, 1.807) is 0 Å². The summed E-state index contributed by atoms with van der Waals surface area (Å²) in [5.74, 6) is 1.33. The molecule has 1 atom stereocenters. The lowest BCUT2D eigenvalue weighted by atomic mass is 9.87. The highest BCUT2D eigenvalue weighted by Crippen LogP contribution is 2.21. The van der Waals surface area contributed by atoms with E-state index in [1.807, 2.05) is 18.2 Å². The van der Waals surface area contributed by atoms with Crippen LogP contribution in [0.2, 0.25) is 5.02 Å². The van der Waals surface area contributed by atoms with Gasteiger partial charge in [-0.1, -0.05) is 37.6 Å². The van der Waals surface area contributed by atoms with E-state index < -0.39 is 0 Å². The maximum absolute atomic E-state index is 5.96. The summed E-state index contributed by atoms with van der Waals surface area (Å²) in [7, 11) is 0. The van der Waals surface area contributed by atoms with E-state index in [4.69, 9.17) is 17.3 Å². The molecule has 0 fully saturated rings. The topological polar surface area (TPSA) is 26.0 Å². The zero-order chi connectivity index (χ0) is 11.3. The van der Waals surface area contributed by atoms with Crippen LogP contribution < -0.4 is 5.73 Å². The molecule has 0 heterocycles. The molecule has 2 heteroatoms. The largest absolute Gasteiger partial charge is 0.330 e. The average molecular weight is 226 g/mol. The minimum absolute atomic E-state index is 0.661. The van der Waals surface area contributed by atoms with Gasteiger partial charge in [-0.25, -0.2) is 0 Å². The zero-order valence-corrected chi connectivity index (χ0v) is 10.3. The van der Waals surface area contributed by atoms with Crippen LogP contribution in [-0.2, 0) is 6.42 Å². The van der Waals surface area contributed by atoms with Crippen molar-refractivity contribution in [3.63, 3.8) is 0 Å². The van der Waals surface area contributed by atoms with Crippen molar-refractivity contribution >= 4 is 11.6 Å². The second kappa shape index (κ2) is 6.14. The number of rotatable bonds is 5. The predicted octanol–water partition coefficient (Wildman–Crippen LogP) is 3.50. The smallest absolute Gasteiger partial charge is 0.0408 e. The molecule has 0 spiro atoms. The minimum atomic E-state index is 0.661. The van der Waals surface area contributed by atoms with Crippen LogP contribution >= 0.6 is 11.6 Å². The lowest BCUT2D eigenvalue weighted by molar-refractivity contribution is 0.362. The Morgan fingerprint density at radius 1 is 1.33 bits per heavy atom. The first kappa shape index (κ1) is 12.5. The number of hydrogen-bond acceptors (Lipinski definition) is 1. The SMILES string of the molecule is CC(C)C(CCN)Cc1cccc(Cl)c1. The molecule has 0 radical (unpaired) electrons. The summed E-state index contributed by atoms with van der Waals surface area (Å²) in [6, 6.07) is 8.11. The Morgan fingerprint density at radius 3 is 2.60 bits per heavy atom. The Morgan fingerprint density at radius 2 is 2.07 bits per heavy atom. The molecule has 0 aliphatic carbocycles. The van der Waals surface area contributed by atoms with Gasteiger partial charge in [-0.3, -0.25) is 0 Å². The molecule has 2 N–H and O–H groups in total. The van der Waals surface area contributed by atoms with Crippen LogP contribution in [0.25, 0.3) is 0 Å². The number of nitrogens with two attached hydrogens (primary N) is 1. The zero-order valence-electron chi connectivity index (χ0n) is 9.54. The van der Waals surface area contributed by atoms with Crippen molar-refractivity contribution in [3.05, 3.63) is 34.9 Å². The number of halogens is 1. The normalized spacial score (nSPS) is 13.1. The third kappa shape index (κ3) is 4.23. The predicted molar refractivity (Wildman–Crippen MR) is 67.2 cm³/mol. The van der Waals surface area contributed by atoms with Crippen LogP contribution in [-0.4, -0.2) is 6.54 Å². The lowest BCUT2D eigenvalue weighted by Gasteiger charge is -2.20. The van der Waals surface area contributed by atoms with Crippen molar-refractivity contribution in [3.8, 4) is 0 Å². The molecule has 0 saturated carbocycles. The van der Waals surface area contributed by atoms with Crippen LogP contribution in [0.1, 0.15) is 25.8 Å². The van der Waals surface area contributed by atoms with Gasteiger partial charge in [0.05, 0.1) is 0 Å².